The predicted octanol–water partition coefficient (Wildman–Crippen LogP) is 2.34. The maximum Gasteiger partial charge on any atom is 0.411 e. The van der Waals surface area contributed by atoms with Gasteiger partial charge in [0.15, 0.2) is 0 Å². The molecule has 0 fully saturated rings. The Balaban J connectivity index is 5.40. The van der Waals surface area contributed by atoms with Gasteiger partial charge in [0.1, 0.15) is 11.6 Å². The molecule has 21 heavy (non-hydrogen) atoms. The average molecular weight is 303 g/mol. The molecule has 0 heterocycles. The third-order valence-electron chi connectivity index (χ3n) is 2.54. The Hall–Kier alpha value is -1.79. The van der Waals surface area contributed by atoms with E-state index in [0.717, 1.165) is 4.90 Å². The van der Waals surface area contributed by atoms with E-state index in [0.29, 0.717) is 0 Å². The smallest absolute Gasteiger partial charge is 0.411 e. The SMILES string of the molecule is CC(C)(C)OC(=O)N([C@@H](CCC(=O)O)C(=O)O)C(C)(C)C. The van der Waals surface area contributed by atoms with E-state index in [1.165, 1.54) is 0 Å². The number of nitrogens with zero attached hydrogens (tertiary/aromatic N) is 1. The Morgan fingerprint density at radius 3 is 1.81 bits per heavy atom. The van der Waals surface area contributed by atoms with Crippen LogP contribution < -0.4 is 0 Å². The molecule has 7 nitrogen and oxygen atoms in total. The van der Waals surface area contributed by atoms with Crippen LogP contribution in [0.15, 0.2) is 0 Å². The molecule has 0 unspecified atom stereocenters. The first-order valence-electron chi connectivity index (χ1n) is 6.72. The van der Waals surface area contributed by atoms with Gasteiger partial charge in [0.25, 0.3) is 0 Å². The minimum Gasteiger partial charge on any atom is -0.481 e. The van der Waals surface area contributed by atoms with Crippen molar-refractivity contribution in [2.45, 2.75) is 71.6 Å². The summed E-state index contributed by atoms with van der Waals surface area (Å²) in [5.74, 6) is -2.36. The highest BCUT2D eigenvalue weighted by Gasteiger charge is 2.39. The second kappa shape index (κ2) is 6.78. The molecule has 1 atom stereocenters. The largest absolute Gasteiger partial charge is 0.481 e. The van der Waals surface area contributed by atoms with Crippen LogP contribution in [0.4, 0.5) is 4.79 Å². The molecule has 0 aromatic carbocycles. The maximum atomic E-state index is 12.3. The highest BCUT2D eigenvalue weighted by molar-refractivity contribution is 5.81. The first-order valence-corrected chi connectivity index (χ1v) is 6.72. The summed E-state index contributed by atoms with van der Waals surface area (Å²) in [6.45, 7) is 10.1. The molecule has 0 saturated heterocycles. The van der Waals surface area contributed by atoms with Crippen molar-refractivity contribution < 1.29 is 29.3 Å². The van der Waals surface area contributed by atoms with E-state index < -0.39 is 35.2 Å². The zero-order valence-electron chi connectivity index (χ0n) is 13.5. The molecule has 122 valence electrons. The van der Waals surface area contributed by atoms with Crippen molar-refractivity contribution in [3.63, 3.8) is 0 Å². The number of hydrogen-bond donors (Lipinski definition) is 2. The molecule has 0 aromatic heterocycles. The van der Waals surface area contributed by atoms with Crippen LogP contribution in [0.3, 0.4) is 0 Å². The minimum atomic E-state index is -1.25. The van der Waals surface area contributed by atoms with Gasteiger partial charge in [-0.25, -0.2) is 9.59 Å². The normalized spacial score (nSPS) is 13.4. The third kappa shape index (κ3) is 6.97. The summed E-state index contributed by atoms with van der Waals surface area (Å²) in [5.41, 5.74) is -1.58. The topological polar surface area (TPSA) is 104 Å². The lowest BCUT2D eigenvalue weighted by Crippen LogP contribution is -2.56. The van der Waals surface area contributed by atoms with E-state index >= 15 is 0 Å². The summed E-state index contributed by atoms with van der Waals surface area (Å²) >= 11 is 0. The fraction of sp³-hybridized carbons (Fsp3) is 0.786. The maximum absolute atomic E-state index is 12.3. The van der Waals surface area contributed by atoms with Gasteiger partial charge in [-0.15, -0.1) is 0 Å². The molecular formula is C14H25NO6. The van der Waals surface area contributed by atoms with Crippen LogP contribution in [0, 0.1) is 0 Å². The quantitative estimate of drug-likeness (QED) is 0.807. The molecule has 0 aliphatic carbocycles. The van der Waals surface area contributed by atoms with Crippen molar-refractivity contribution in [2.24, 2.45) is 0 Å². The summed E-state index contributed by atoms with van der Waals surface area (Å²) < 4.78 is 5.24. The molecule has 0 spiro atoms. The van der Waals surface area contributed by atoms with Gasteiger partial charge in [0.2, 0.25) is 0 Å². The van der Waals surface area contributed by atoms with Gasteiger partial charge in [-0.05, 0) is 48.0 Å². The van der Waals surface area contributed by atoms with E-state index in [-0.39, 0.29) is 12.8 Å². The van der Waals surface area contributed by atoms with Crippen molar-refractivity contribution in [1.82, 2.24) is 4.90 Å². The summed E-state index contributed by atoms with van der Waals surface area (Å²) in [4.78, 5) is 35.5. The van der Waals surface area contributed by atoms with Crippen LogP contribution in [0.1, 0.15) is 54.4 Å². The van der Waals surface area contributed by atoms with Gasteiger partial charge in [-0.3, -0.25) is 9.69 Å². The van der Waals surface area contributed by atoms with Crippen LogP contribution >= 0.6 is 0 Å². The Labute approximate surface area is 124 Å². The monoisotopic (exact) mass is 303 g/mol. The highest BCUT2D eigenvalue weighted by atomic mass is 16.6. The van der Waals surface area contributed by atoms with Gasteiger partial charge in [0.05, 0.1) is 0 Å². The number of carbonyl (C=O) groups excluding carboxylic acids is 1. The lowest BCUT2D eigenvalue weighted by molar-refractivity contribution is -0.146. The number of carboxylic acid groups (broad SMARTS) is 2. The number of ether oxygens (including phenoxy) is 1. The van der Waals surface area contributed by atoms with Crippen LogP contribution in [-0.4, -0.2) is 50.3 Å². The van der Waals surface area contributed by atoms with E-state index in [1.807, 2.05) is 0 Å². The van der Waals surface area contributed by atoms with Crippen molar-refractivity contribution in [2.75, 3.05) is 0 Å². The van der Waals surface area contributed by atoms with Crippen molar-refractivity contribution in [3.05, 3.63) is 0 Å². The highest BCUT2D eigenvalue weighted by Crippen LogP contribution is 2.24. The zero-order chi connectivity index (χ0) is 17.0. The Morgan fingerprint density at radius 2 is 1.52 bits per heavy atom. The van der Waals surface area contributed by atoms with Gasteiger partial charge < -0.3 is 14.9 Å². The van der Waals surface area contributed by atoms with Crippen LogP contribution in [-0.2, 0) is 14.3 Å². The van der Waals surface area contributed by atoms with Crippen molar-refractivity contribution in [1.29, 1.82) is 0 Å². The second-order valence-corrected chi connectivity index (χ2v) is 6.81. The molecule has 0 aromatic rings. The summed E-state index contributed by atoms with van der Waals surface area (Å²) in [7, 11) is 0. The number of hydrogen-bond acceptors (Lipinski definition) is 4. The molecule has 0 saturated carbocycles. The summed E-state index contributed by atoms with van der Waals surface area (Å²) in [5, 5.41) is 18.1. The molecular weight excluding hydrogens is 278 g/mol. The number of carboxylic acids is 2. The molecule has 7 heteroatoms. The third-order valence-corrected chi connectivity index (χ3v) is 2.54. The minimum absolute atomic E-state index is 0.179. The van der Waals surface area contributed by atoms with E-state index in [2.05, 4.69) is 0 Å². The molecule has 0 aliphatic heterocycles. The first kappa shape index (κ1) is 19.2. The molecule has 0 radical (unpaired) electrons. The number of rotatable bonds is 5. The fourth-order valence-electron chi connectivity index (χ4n) is 1.80. The number of carbonyl (C=O) groups is 3. The Kier molecular flexibility index (Phi) is 6.20. The van der Waals surface area contributed by atoms with Gasteiger partial charge in [0, 0.05) is 12.0 Å². The standard InChI is InChI=1S/C14H25NO6/c1-13(2,3)15(12(20)21-14(4,5)6)9(11(18)19)7-8-10(16)17/h9H,7-8H2,1-6H3,(H,16,17)(H,18,19)/t9-/m0/s1. The zero-order valence-corrected chi connectivity index (χ0v) is 13.5. The average Bonchev–Trinajstić information content (AvgIpc) is 2.18. The summed E-state index contributed by atoms with van der Waals surface area (Å²) in [6, 6.07) is -1.25. The van der Waals surface area contributed by atoms with Gasteiger partial charge in [-0.1, -0.05) is 0 Å². The van der Waals surface area contributed by atoms with Gasteiger partial charge >= 0.3 is 18.0 Å². The van der Waals surface area contributed by atoms with Gasteiger partial charge in [-0.2, -0.15) is 0 Å². The summed E-state index contributed by atoms with van der Waals surface area (Å²) in [6.07, 6.45) is -1.29. The molecule has 2 N–H and O–H groups in total. The van der Waals surface area contributed by atoms with E-state index in [9.17, 15) is 19.5 Å². The fourth-order valence-corrected chi connectivity index (χ4v) is 1.80. The lowest BCUT2D eigenvalue weighted by atomic mass is 10.0. The Bertz CT molecular complexity index is 405. The Morgan fingerprint density at radius 1 is 1.05 bits per heavy atom. The molecule has 0 aliphatic rings. The lowest BCUT2D eigenvalue weighted by Gasteiger charge is -2.40. The van der Waals surface area contributed by atoms with Crippen LogP contribution in [0.25, 0.3) is 0 Å². The van der Waals surface area contributed by atoms with Crippen molar-refractivity contribution >= 4 is 18.0 Å². The molecule has 1 amide bonds. The number of amides is 1. The van der Waals surface area contributed by atoms with Crippen LogP contribution in [0.2, 0.25) is 0 Å². The first-order chi connectivity index (χ1) is 9.25. The van der Waals surface area contributed by atoms with E-state index in [4.69, 9.17) is 9.84 Å². The predicted molar refractivity (Wildman–Crippen MR) is 76.1 cm³/mol. The number of aliphatic carboxylic acids is 2. The van der Waals surface area contributed by atoms with Crippen LogP contribution in [0.5, 0.6) is 0 Å². The van der Waals surface area contributed by atoms with Crippen molar-refractivity contribution in [3.8, 4) is 0 Å². The second-order valence-electron chi connectivity index (χ2n) is 6.81. The molecule has 0 rings (SSSR count). The van der Waals surface area contributed by atoms with E-state index in [1.54, 1.807) is 41.5 Å². The molecule has 0 bridgehead atoms.